The van der Waals surface area contributed by atoms with Gasteiger partial charge in [-0.3, -0.25) is 9.48 Å². The van der Waals surface area contributed by atoms with Crippen LogP contribution in [0, 0.1) is 0 Å². The molecule has 10 heteroatoms. The molecular weight excluding hydrogens is 428 g/mol. The monoisotopic (exact) mass is 450 g/mol. The molecule has 1 amide bonds. The Hall–Kier alpha value is -3.17. The number of hydrogen-bond acceptors (Lipinski definition) is 4. The molecule has 2 aromatic heterocycles. The maximum absolute atomic E-state index is 14.1. The Morgan fingerprint density at radius 3 is 2.62 bits per heavy atom. The van der Waals surface area contributed by atoms with E-state index in [1.807, 2.05) is 6.20 Å². The molecule has 0 radical (unpaired) electrons. The smallest absolute Gasteiger partial charge is 0.433 e. The Bertz CT molecular complexity index is 1150. The van der Waals surface area contributed by atoms with Gasteiger partial charge in [0.25, 0.3) is 5.91 Å². The minimum Gasteiger partial charge on any atom is -0.494 e. The predicted octanol–water partition coefficient (Wildman–Crippen LogP) is 5.55. The molecule has 1 aliphatic rings. The molecule has 32 heavy (non-hydrogen) atoms. The van der Waals surface area contributed by atoms with Gasteiger partial charge in [-0.2, -0.15) is 18.3 Å². The highest BCUT2D eigenvalue weighted by molar-refractivity contribution is 6.05. The van der Waals surface area contributed by atoms with Crippen LogP contribution in [0.2, 0.25) is 0 Å². The summed E-state index contributed by atoms with van der Waals surface area (Å²) in [7, 11) is 1.42. The van der Waals surface area contributed by atoms with Gasteiger partial charge in [-0.05, 0) is 50.8 Å². The molecule has 6 nitrogen and oxygen atoms in total. The topological polar surface area (TPSA) is 69.0 Å². The van der Waals surface area contributed by atoms with Crippen LogP contribution in [0.3, 0.4) is 0 Å². The number of nitrogens with zero attached hydrogens (tertiary/aromatic N) is 3. The third-order valence-electron chi connectivity index (χ3n) is 5.74. The molecule has 1 saturated carbocycles. The molecule has 0 aliphatic heterocycles. The van der Waals surface area contributed by atoms with Crippen LogP contribution in [0.1, 0.15) is 54.8 Å². The Labute approximate surface area is 181 Å². The van der Waals surface area contributed by atoms with Crippen LogP contribution in [0.5, 0.6) is 5.75 Å². The quantitative estimate of drug-likeness (QED) is 0.529. The van der Waals surface area contributed by atoms with Crippen LogP contribution in [0.25, 0.3) is 10.9 Å². The Morgan fingerprint density at radius 1 is 1.25 bits per heavy atom. The molecule has 4 rings (SSSR count). The average molecular weight is 450 g/mol. The van der Waals surface area contributed by atoms with Crippen molar-refractivity contribution < 1.29 is 27.1 Å². The van der Waals surface area contributed by atoms with E-state index in [0.29, 0.717) is 42.3 Å². The number of hydrogen-bond donors (Lipinski definition) is 1. The number of benzene rings is 1. The number of aromatic nitrogens is 3. The van der Waals surface area contributed by atoms with Crippen molar-refractivity contribution in [2.45, 2.75) is 50.5 Å². The highest BCUT2D eigenvalue weighted by Gasteiger charge is 2.33. The van der Waals surface area contributed by atoms with Crippen LogP contribution in [-0.4, -0.2) is 33.5 Å². The number of pyridine rings is 1. The second-order valence-corrected chi connectivity index (χ2v) is 8.22. The highest BCUT2D eigenvalue weighted by atomic mass is 19.4. The first-order valence-electron chi connectivity index (χ1n) is 10.2. The van der Waals surface area contributed by atoms with Crippen molar-refractivity contribution in [2.75, 3.05) is 12.4 Å². The lowest BCUT2D eigenvalue weighted by Crippen LogP contribution is -2.27. The normalized spacial score (nSPS) is 21.5. The summed E-state index contributed by atoms with van der Waals surface area (Å²) >= 11 is 0. The molecule has 0 saturated heterocycles. The number of methoxy groups -OCH3 is 1. The van der Waals surface area contributed by atoms with Crippen molar-refractivity contribution in [2.24, 2.45) is 0 Å². The van der Waals surface area contributed by atoms with Gasteiger partial charge in [-0.1, -0.05) is 6.07 Å². The lowest BCUT2D eigenvalue weighted by Gasteiger charge is -2.31. The molecule has 1 aromatic carbocycles. The lowest BCUT2D eigenvalue weighted by molar-refractivity contribution is -0.141. The first kappa shape index (κ1) is 22.0. The summed E-state index contributed by atoms with van der Waals surface area (Å²) in [6.07, 6.45) is -0.574. The summed E-state index contributed by atoms with van der Waals surface area (Å²) in [6, 6.07) is 6.49. The number of rotatable bonds is 4. The number of ether oxygens (including phenoxy) is 1. The summed E-state index contributed by atoms with van der Waals surface area (Å²) in [5.74, 6) is -0.487. The summed E-state index contributed by atoms with van der Waals surface area (Å²) < 4.78 is 60.0. The predicted molar refractivity (Wildman–Crippen MR) is 110 cm³/mol. The fourth-order valence-corrected chi connectivity index (χ4v) is 3.90. The van der Waals surface area contributed by atoms with Crippen molar-refractivity contribution in [1.82, 2.24) is 14.8 Å². The second-order valence-electron chi connectivity index (χ2n) is 8.22. The number of carbonyl (C=O) groups is 1. The van der Waals surface area contributed by atoms with Gasteiger partial charge in [0.1, 0.15) is 22.8 Å². The van der Waals surface area contributed by atoms with Gasteiger partial charge in [0.2, 0.25) is 0 Å². The number of halogens is 4. The summed E-state index contributed by atoms with van der Waals surface area (Å²) in [5.41, 5.74) is -1.75. The zero-order chi connectivity index (χ0) is 23.1. The molecule has 3 aromatic rings. The fourth-order valence-electron chi connectivity index (χ4n) is 3.90. The third kappa shape index (κ3) is 4.53. The van der Waals surface area contributed by atoms with E-state index in [2.05, 4.69) is 15.4 Å². The van der Waals surface area contributed by atoms with E-state index in [-0.39, 0.29) is 17.4 Å². The maximum atomic E-state index is 14.1. The van der Waals surface area contributed by atoms with Crippen LogP contribution in [-0.2, 0) is 6.18 Å². The van der Waals surface area contributed by atoms with E-state index in [9.17, 15) is 22.4 Å². The first-order valence-corrected chi connectivity index (χ1v) is 10.2. The Kier molecular flexibility index (Phi) is 5.56. The number of amides is 1. The molecule has 1 fully saturated rings. The van der Waals surface area contributed by atoms with Crippen molar-refractivity contribution in [3.8, 4) is 5.75 Å². The van der Waals surface area contributed by atoms with Crippen molar-refractivity contribution >= 4 is 22.5 Å². The molecule has 0 bridgehead atoms. The lowest BCUT2D eigenvalue weighted by atomic mass is 9.85. The number of nitrogens with one attached hydrogen (secondary N) is 1. The largest absolute Gasteiger partial charge is 0.494 e. The van der Waals surface area contributed by atoms with Gasteiger partial charge in [0, 0.05) is 17.6 Å². The molecule has 0 spiro atoms. The number of alkyl halides is 4. The number of anilines is 1. The molecule has 2 heterocycles. The molecular formula is C22H22F4N4O2. The van der Waals surface area contributed by atoms with E-state index in [1.165, 1.54) is 13.2 Å². The zero-order valence-electron chi connectivity index (χ0n) is 17.5. The maximum Gasteiger partial charge on any atom is 0.433 e. The van der Waals surface area contributed by atoms with Gasteiger partial charge in [-0.25, -0.2) is 9.37 Å². The van der Waals surface area contributed by atoms with Crippen molar-refractivity contribution in [3.63, 3.8) is 0 Å². The minimum atomic E-state index is -4.65. The summed E-state index contributed by atoms with van der Waals surface area (Å²) in [5, 5.41) is 7.86. The van der Waals surface area contributed by atoms with E-state index in [0.717, 1.165) is 12.1 Å². The summed E-state index contributed by atoms with van der Waals surface area (Å²) in [4.78, 5) is 16.0. The molecule has 170 valence electrons. The van der Waals surface area contributed by atoms with Gasteiger partial charge in [0.05, 0.1) is 24.4 Å². The van der Waals surface area contributed by atoms with Gasteiger partial charge < -0.3 is 10.1 Å². The Balaban J connectivity index is 1.59. The van der Waals surface area contributed by atoms with Crippen LogP contribution in [0.15, 0.2) is 36.5 Å². The minimum absolute atomic E-state index is 0.0737. The molecule has 0 atom stereocenters. The van der Waals surface area contributed by atoms with Crippen molar-refractivity contribution in [1.29, 1.82) is 0 Å². The molecule has 1 N–H and O–H groups in total. The van der Waals surface area contributed by atoms with E-state index in [4.69, 9.17) is 4.74 Å². The Morgan fingerprint density at radius 2 is 1.97 bits per heavy atom. The molecule has 0 unspecified atom stereocenters. The number of carbonyl (C=O) groups excluding carboxylic acids is 1. The second kappa shape index (κ2) is 8.07. The van der Waals surface area contributed by atoms with Gasteiger partial charge >= 0.3 is 6.18 Å². The van der Waals surface area contributed by atoms with Crippen LogP contribution >= 0.6 is 0 Å². The first-order chi connectivity index (χ1) is 15.1. The van der Waals surface area contributed by atoms with E-state index in [1.54, 1.807) is 23.7 Å². The SMILES string of the molecule is COc1cc2nn(C3CCC(C)(F)CC3)cc2cc1NC(=O)c1cccc(C(F)(F)F)n1. The summed E-state index contributed by atoms with van der Waals surface area (Å²) in [6.45, 7) is 1.61. The zero-order valence-corrected chi connectivity index (χ0v) is 17.5. The van der Waals surface area contributed by atoms with E-state index < -0.39 is 23.4 Å². The van der Waals surface area contributed by atoms with E-state index >= 15 is 0 Å². The van der Waals surface area contributed by atoms with Crippen LogP contribution in [0.4, 0.5) is 23.2 Å². The third-order valence-corrected chi connectivity index (χ3v) is 5.74. The van der Waals surface area contributed by atoms with Crippen molar-refractivity contribution in [3.05, 3.63) is 47.9 Å². The highest BCUT2D eigenvalue weighted by Crippen LogP contribution is 2.38. The van der Waals surface area contributed by atoms with Gasteiger partial charge in [0.15, 0.2) is 0 Å². The fraction of sp³-hybridized carbons (Fsp3) is 0.409. The number of fused-ring (bicyclic) bond motifs is 1. The average Bonchev–Trinajstić information content (AvgIpc) is 3.15. The van der Waals surface area contributed by atoms with Gasteiger partial charge in [-0.15, -0.1) is 0 Å². The van der Waals surface area contributed by atoms with Crippen LogP contribution < -0.4 is 10.1 Å². The standard InChI is InChI=1S/C22H22F4N4O2/c1-21(23)8-6-14(7-9-21)30-12-13-10-17(18(32-2)11-16(13)29-30)28-20(31)15-4-3-5-19(27-15)22(24,25)26/h3-5,10-12,14H,6-9H2,1-2H3,(H,28,31). The molecule has 1 aliphatic carbocycles.